The van der Waals surface area contributed by atoms with Crippen molar-refractivity contribution in [3.63, 3.8) is 0 Å². The first-order valence-electron chi connectivity index (χ1n) is 10.9. The summed E-state index contributed by atoms with van der Waals surface area (Å²) in [6.07, 6.45) is 5.56. The highest BCUT2D eigenvalue weighted by atomic mass is 19.4. The lowest BCUT2D eigenvalue weighted by molar-refractivity contribution is -0.146. The molecule has 4 rings (SSSR count). The number of halogens is 3. The van der Waals surface area contributed by atoms with E-state index in [1.807, 2.05) is 0 Å². The lowest BCUT2D eigenvalue weighted by Gasteiger charge is -2.61. The zero-order valence-corrected chi connectivity index (χ0v) is 16.3. The molecule has 1 N–H and O–H groups in total. The Morgan fingerprint density at radius 3 is 2.31 bits per heavy atom. The molecule has 4 fully saturated rings. The average Bonchev–Trinajstić information content (AvgIpc) is 2.89. The molecule has 0 aliphatic heterocycles. The van der Waals surface area contributed by atoms with Gasteiger partial charge in [-0.15, -0.1) is 0 Å². The fourth-order valence-corrected chi connectivity index (χ4v) is 8.16. The van der Waals surface area contributed by atoms with Crippen molar-refractivity contribution in [2.75, 3.05) is 0 Å². The molecule has 0 spiro atoms. The summed E-state index contributed by atoms with van der Waals surface area (Å²) < 4.78 is 38.3. The van der Waals surface area contributed by atoms with Crippen LogP contribution < -0.4 is 0 Å². The van der Waals surface area contributed by atoms with Gasteiger partial charge < -0.3 is 5.11 Å². The quantitative estimate of drug-likeness (QED) is 0.599. The summed E-state index contributed by atoms with van der Waals surface area (Å²) in [4.78, 5) is 0. The first kappa shape index (κ1) is 19.1. The van der Waals surface area contributed by atoms with Gasteiger partial charge in [-0.2, -0.15) is 13.2 Å². The molecule has 4 heteroatoms. The number of alkyl halides is 3. The van der Waals surface area contributed by atoms with E-state index in [9.17, 15) is 18.3 Å². The van der Waals surface area contributed by atoms with Gasteiger partial charge in [0.25, 0.3) is 0 Å². The maximum absolute atomic E-state index is 12.8. The number of aliphatic hydroxyl groups is 1. The minimum absolute atomic E-state index is 0.114. The summed E-state index contributed by atoms with van der Waals surface area (Å²) >= 11 is 0. The maximum Gasteiger partial charge on any atom is 0.389 e. The van der Waals surface area contributed by atoms with Crippen LogP contribution >= 0.6 is 0 Å². The number of fused-ring (bicyclic) bond motifs is 5. The molecule has 1 nitrogen and oxygen atoms in total. The first-order chi connectivity index (χ1) is 12.1. The molecule has 4 saturated carbocycles. The van der Waals surface area contributed by atoms with Crippen LogP contribution in [0.2, 0.25) is 0 Å². The minimum Gasteiger partial charge on any atom is -0.393 e. The van der Waals surface area contributed by atoms with E-state index in [4.69, 9.17) is 0 Å². The Hall–Kier alpha value is -0.250. The molecule has 0 heterocycles. The van der Waals surface area contributed by atoms with Crippen molar-refractivity contribution in [2.45, 2.75) is 96.8 Å². The third-order valence-electron chi connectivity index (χ3n) is 9.61. The van der Waals surface area contributed by atoms with Gasteiger partial charge in [-0.25, -0.2) is 0 Å². The molecule has 0 amide bonds. The Bertz CT molecular complexity index is 532. The smallest absolute Gasteiger partial charge is 0.389 e. The third kappa shape index (κ3) is 3.02. The largest absolute Gasteiger partial charge is 0.393 e. The molecule has 4 aliphatic carbocycles. The summed E-state index contributed by atoms with van der Waals surface area (Å²) in [6, 6.07) is 0. The molecule has 7 unspecified atom stereocenters. The minimum atomic E-state index is -4.01. The van der Waals surface area contributed by atoms with Gasteiger partial charge >= 0.3 is 6.18 Å². The van der Waals surface area contributed by atoms with Crippen LogP contribution in [0, 0.1) is 40.4 Å². The molecule has 8 atom stereocenters. The number of hydrogen-bond acceptors (Lipinski definition) is 1. The van der Waals surface area contributed by atoms with Crippen molar-refractivity contribution in [2.24, 2.45) is 40.4 Å². The fourth-order valence-electron chi connectivity index (χ4n) is 8.16. The third-order valence-corrected chi connectivity index (χ3v) is 9.61. The van der Waals surface area contributed by atoms with Crippen molar-refractivity contribution in [3.8, 4) is 0 Å². The van der Waals surface area contributed by atoms with Gasteiger partial charge in [-0.05, 0) is 105 Å². The van der Waals surface area contributed by atoms with E-state index in [0.29, 0.717) is 29.6 Å². The second-order valence-electron chi connectivity index (χ2n) is 10.6. The Balaban J connectivity index is 1.51. The molecule has 0 bridgehead atoms. The van der Waals surface area contributed by atoms with Crippen LogP contribution in [-0.4, -0.2) is 17.4 Å². The van der Waals surface area contributed by atoms with E-state index in [0.717, 1.165) is 44.4 Å². The van der Waals surface area contributed by atoms with Crippen molar-refractivity contribution >= 4 is 0 Å². The average molecular weight is 373 g/mol. The predicted molar refractivity (Wildman–Crippen MR) is 96.5 cm³/mol. The van der Waals surface area contributed by atoms with Gasteiger partial charge in [0.15, 0.2) is 0 Å². The molecule has 4 aliphatic rings. The molecule has 0 aromatic heterocycles. The first-order valence-corrected chi connectivity index (χ1v) is 10.9. The van der Waals surface area contributed by atoms with E-state index in [1.54, 1.807) is 0 Å². The van der Waals surface area contributed by atoms with Crippen LogP contribution in [-0.2, 0) is 0 Å². The van der Waals surface area contributed by atoms with Gasteiger partial charge in [0.05, 0.1) is 6.10 Å². The van der Waals surface area contributed by atoms with Gasteiger partial charge in [-0.3, -0.25) is 0 Å². The van der Waals surface area contributed by atoms with E-state index < -0.39 is 12.6 Å². The fraction of sp³-hybridized carbons (Fsp3) is 1.00. The lowest BCUT2D eigenvalue weighted by Crippen LogP contribution is -2.53. The molecule has 0 saturated heterocycles. The molecular formula is C22H35F3O. The van der Waals surface area contributed by atoms with Crippen molar-refractivity contribution in [1.82, 2.24) is 0 Å². The highest BCUT2D eigenvalue weighted by Gasteiger charge is 2.60. The predicted octanol–water partition coefficient (Wildman–Crippen LogP) is 6.35. The highest BCUT2D eigenvalue weighted by molar-refractivity contribution is 5.09. The normalized spacial score (nSPS) is 51.5. The van der Waals surface area contributed by atoms with Gasteiger partial charge in [0, 0.05) is 6.42 Å². The summed E-state index contributed by atoms with van der Waals surface area (Å²) in [7, 11) is 0. The van der Waals surface area contributed by atoms with Crippen LogP contribution in [0.5, 0.6) is 0 Å². The highest BCUT2D eigenvalue weighted by Crippen LogP contribution is 2.68. The second-order valence-corrected chi connectivity index (χ2v) is 10.6. The Labute approximate surface area is 156 Å². The van der Waals surface area contributed by atoms with E-state index in [1.165, 1.54) is 19.3 Å². The topological polar surface area (TPSA) is 20.2 Å². The summed E-state index contributed by atoms with van der Waals surface area (Å²) in [6.45, 7) is 4.79. The van der Waals surface area contributed by atoms with Gasteiger partial charge in [0.1, 0.15) is 0 Å². The zero-order chi connectivity index (χ0) is 18.7. The van der Waals surface area contributed by atoms with E-state index in [-0.39, 0.29) is 17.4 Å². The SMILES string of the molecule is CC12CCC(O)CC1CCC1C2CCC2(C)C1CC[C@@H]2CCC(F)(F)F. The van der Waals surface area contributed by atoms with Crippen molar-refractivity contribution in [1.29, 1.82) is 0 Å². The Morgan fingerprint density at radius 2 is 1.58 bits per heavy atom. The summed E-state index contributed by atoms with van der Waals surface area (Å²) in [5.74, 6) is 2.98. The number of aliphatic hydroxyl groups excluding tert-OH is 1. The van der Waals surface area contributed by atoms with Crippen LogP contribution in [0.4, 0.5) is 13.2 Å². The van der Waals surface area contributed by atoms with Crippen molar-refractivity contribution < 1.29 is 18.3 Å². The molecule has 0 aromatic rings. The monoisotopic (exact) mass is 372 g/mol. The van der Waals surface area contributed by atoms with Crippen LogP contribution in [0.3, 0.4) is 0 Å². The van der Waals surface area contributed by atoms with Gasteiger partial charge in [-0.1, -0.05) is 13.8 Å². The molecule has 150 valence electrons. The zero-order valence-electron chi connectivity index (χ0n) is 16.3. The lowest BCUT2D eigenvalue weighted by atomic mass is 9.44. The van der Waals surface area contributed by atoms with E-state index in [2.05, 4.69) is 13.8 Å². The standard InChI is InChI=1S/C22H35F3O/c1-20-11-9-19-17(5-3-15-13-16(26)8-10-21(15,19)2)18(20)6-4-14(20)7-12-22(23,24)25/h14-19,26H,3-13H2,1-2H3/t14-,15?,16?,17?,18?,19?,20?,21?/m1/s1. The van der Waals surface area contributed by atoms with E-state index >= 15 is 0 Å². The molecular weight excluding hydrogens is 337 g/mol. The van der Waals surface area contributed by atoms with Crippen LogP contribution in [0.1, 0.15) is 84.5 Å². The molecule has 26 heavy (non-hydrogen) atoms. The number of rotatable bonds is 2. The van der Waals surface area contributed by atoms with Gasteiger partial charge in [0.2, 0.25) is 0 Å². The van der Waals surface area contributed by atoms with Crippen LogP contribution in [0.25, 0.3) is 0 Å². The second kappa shape index (κ2) is 6.39. The molecule has 0 radical (unpaired) electrons. The Kier molecular flexibility index (Phi) is 4.69. The number of hydrogen-bond donors (Lipinski definition) is 1. The van der Waals surface area contributed by atoms with Crippen molar-refractivity contribution in [3.05, 3.63) is 0 Å². The summed E-state index contributed by atoms with van der Waals surface area (Å²) in [5, 5.41) is 10.1. The Morgan fingerprint density at radius 1 is 0.885 bits per heavy atom. The maximum atomic E-state index is 12.8. The molecule has 0 aromatic carbocycles. The van der Waals surface area contributed by atoms with Crippen LogP contribution in [0.15, 0.2) is 0 Å². The summed E-state index contributed by atoms with van der Waals surface area (Å²) in [5.41, 5.74) is 0.483.